The Kier molecular flexibility index (Phi) is 5.32. The Labute approximate surface area is 171 Å². The Morgan fingerprint density at radius 1 is 1.00 bits per heavy atom. The summed E-state index contributed by atoms with van der Waals surface area (Å²) in [5, 5.41) is 2.75. The number of rotatable bonds is 4. The van der Waals surface area contributed by atoms with Crippen LogP contribution in [0.1, 0.15) is 23.6 Å². The number of sulfonamides is 1. The zero-order chi connectivity index (χ0) is 21.5. The van der Waals surface area contributed by atoms with Crippen molar-refractivity contribution in [3.63, 3.8) is 0 Å². The molecular weight excluding hydrogens is 392 g/mol. The zero-order valence-corrected chi connectivity index (χ0v) is 18.1. The van der Waals surface area contributed by atoms with E-state index in [4.69, 9.17) is 9.47 Å². The fourth-order valence-corrected chi connectivity index (χ4v) is 4.81. The van der Waals surface area contributed by atoms with E-state index in [2.05, 4.69) is 5.32 Å². The number of carbonyl (C=O) groups is 1. The van der Waals surface area contributed by atoms with Gasteiger partial charge >= 0.3 is 0 Å². The van der Waals surface area contributed by atoms with Gasteiger partial charge in [0.05, 0.1) is 19.9 Å². The van der Waals surface area contributed by atoms with Crippen LogP contribution in [0.25, 0.3) is 5.57 Å². The summed E-state index contributed by atoms with van der Waals surface area (Å²) in [6.45, 7) is 5.37. The number of anilines is 2. The smallest absolute Gasteiger partial charge is 0.269 e. The minimum atomic E-state index is -4.05. The van der Waals surface area contributed by atoms with Crippen molar-refractivity contribution in [1.29, 1.82) is 0 Å². The third-order valence-corrected chi connectivity index (χ3v) is 6.98. The maximum absolute atomic E-state index is 13.2. The molecule has 1 N–H and O–H groups in total. The SMILES string of the molecule is COc1cc2c(cc1OC)N(C)S(=O)(=O)C(C(=O)Nc1cc(C)ccc1C)=C2C. The average Bonchev–Trinajstić information content (AvgIpc) is 2.68. The lowest BCUT2D eigenvalue weighted by molar-refractivity contribution is -0.112. The van der Waals surface area contributed by atoms with Gasteiger partial charge in [-0.05, 0) is 49.6 Å². The van der Waals surface area contributed by atoms with Crippen molar-refractivity contribution >= 4 is 32.9 Å². The van der Waals surface area contributed by atoms with Crippen molar-refractivity contribution in [3.05, 3.63) is 51.9 Å². The lowest BCUT2D eigenvalue weighted by Crippen LogP contribution is -2.36. The number of fused-ring (bicyclic) bond motifs is 1. The Hall–Kier alpha value is -3.00. The molecule has 1 aliphatic rings. The van der Waals surface area contributed by atoms with Gasteiger partial charge in [0.15, 0.2) is 16.4 Å². The zero-order valence-electron chi connectivity index (χ0n) is 17.3. The molecule has 0 unspecified atom stereocenters. The first-order chi connectivity index (χ1) is 13.6. The molecule has 0 aromatic heterocycles. The molecule has 1 aliphatic heterocycles. The highest BCUT2D eigenvalue weighted by molar-refractivity contribution is 7.97. The molecule has 1 heterocycles. The normalized spacial score (nSPS) is 15.0. The second-order valence-electron chi connectivity index (χ2n) is 6.92. The number of hydrogen-bond donors (Lipinski definition) is 1. The third kappa shape index (κ3) is 3.44. The predicted molar refractivity (Wildman–Crippen MR) is 114 cm³/mol. The molecule has 0 radical (unpaired) electrons. The Balaban J connectivity index is 2.17. The highest BCUT2D eigenvalue weighted by atomic mass is 32.2. The lowest BCUT2D eigenvalue weighted by Gasteiger charge is -2.30. The molecule has 0 spiro atoms. The van der Waals surface area contributed by atoms with Gasteiger partial charge in [-0.2, -0.15) is 0 Å². The molecule has 0 fully saturated rings. The number of benzene rings is 2. The molecule has 0 saturated carbocycles. The number of allylic oxidation sites excluding steroid dienone is 1. The van der Waals surface area contributed by atoms with Crippen molar-refractivity contribution in [2.24, 2.45) is 0 Å². The van der Waals surface area contributed by atoms with Gasteiger partial charge in [-0.1, -0.05) is 12.1 Å². The van der Waals surface area contributed by atoms with Gasteiger partial charge in [-0.15, -0.1) is 0 Å². The topological polar surface area (TPSA) is 84.9 Å². The average molecular weight is 416 g/mol. The maximum atomic E-state index is 13.2. The van der Waals surface area contributed by atoms with Crippen LogP contribution < -0.4 is 19.1 Å². The Bertz CT molecular complexity index is 1140. The van der Waals surface area contributed by atoms with Crippen LogP contribution in [-0.2, 0) is 14.8 Å². The molecule has 0 bridgehead atoms. The van der Waals surface area contributed by atoms with Crippen molar-refractivity contribution in [1.82, 2.24) is 0 Å². The molecule has 154 valence electrons. The van der Waals surface area contributed by atoms with Gasteiger partial charge in [0.25, 0.3) is 15.9 Å². The van der Waals surface area contributed by atoms with Crippen LogP contribution in [0.5, 0.6) is 11.5 Å². The van der Waals surface area contributed by atoms with E-state index < -0.39 is 15.9 Å². The third-order valence-electron chi connectivity index (χ3n) is 5.05. The van der Waals surface area contributed by atoms with Crippen LogP contribution in [0.2, 0.25) is 0 Å². The maximum Gasteiger partial charge on any atom is 0.269 e. The molecule has 2 aromatic rings. The van der Waals surface area contributed by atoms with Crippen molar-refractivity contribution < 1.29 is 22.7 Å². The summed E-state index contributed by atoms with van der Waals surface area (Å²) in [6.07, 6.45) is 0. The fraction of sp³-hybridized carbons (Fsp3) is 0.286. The van der Waals surface area contributed by atoms with E-state index in [0.29, 0.717) is 34.0 Å². The summed E-state index contributed by atoms with van der Waals surface area (Å²) in [5.41, 5.74) is 3.74. The molecule has 0 atom stereocenters. The number of aryl methyl sites for hydroxylation is 2. The minimum absolute atomic E-state index is 0.291. The van der Waals surface area contributed by atoms with E-state index in [1.54, 1.807) is 19.1 Å². The number of nitrogens with zero attached hydrogens (tertiary/aromatic N) is 1. The van der Waals surface area contributed by atoms with E-state index in [1.807, 2.05) is 32.0 Å². The summed E-state index contributed by atoms with van der Waals surface area (Å²) in [5.74, 6) is 0.181. The second-order valence-corrected chi connectivity index (χ2v) is 8.83. The van der Waals surface area contributed by atoms with Crippen molar-refractivity contribution in [3.8, 4) is 11.5 Å². The summed E-state index contributed by atoms with van der Waals surface area (Å²) in [6, 6.07) is 8.88. The van der Waals surface area contributed by atoms with E-state index in [9.17, 15) is 13.2 Å². The van der Waals surface area contributed by atoms with Gasteiger partial charge < -0.3 is 14.8 Å². The first kappa shape index (κ1) is 20.7. The predicted octanol–water partition coefficient (Wildman–Crippen LogP) is 3.47. The molecule has 1 amide bonds. The summed E-state index contributed by atoms with van der Waals surface area (Å²) < 4.78 is 38.0. The number of hydrogen-bond acceptors (Lipinski definition) is 5. The summed E-state index contributed by atoms with van der Waals surface area (Å²) in [7, 11) is 0.347. The van der Waals surface area contributed by atoms with Gasteiger partial charge in [-0.25, -0.2) is 8.42 Å². The van der Waals surface area contributed by atoms with Crippen LogP contribution in [0.3, 0.4) is 0 Å². The van der Waals surface area contributed by atoms with Crippen LogP contribution >= 0.6 is 0 Å². The van der Waals surface area contributed by atoms with E-state index in [1.165, 1.54) is 21.3 Å². The Morgan fingerprint density at radius 2 is 1.62 bits per heavy atom. The minimum Gasteiger partial charge on any atom is -0.493 e. The fourth-order valence-electron chi connectivity index (χ4n) is 3.35. The summed E-state index contributed by atoms with van der Waals surface area (Å²) in [4.78, 5) is 12.8. The monoisotopic (exact) mass is 416 g/mol. The molecule has 0 aliphatic carbocycles. The summed E-state index contributed by atoms with van der Waals surface area (Å²) >= 11 is 0. The number of nitrogens with one attached hydrogen (secondary N) is 1. The van der Waals surface area contributed by atoms with E-state index in [0.717, 1.165) is 15.4 Å². The molecule has 3 rings (SSSR count). The lowest BCUT2D eigenvalue weighted by atomic mass is 10.0. The van der Waals surface area contributed by atoms with Crippen molar-refractivity contribution in [2.45, 2.75) is 20.8 Å². The molecule has 8 heteroatoms. The molecule has 0 saturated heterocycles. The molecular formula is C21H24N2O5S. The van der Waals surface area contributed by atoms with Crippen LogP contribution in [0.4, 0.5) is 11.4 Å². The first-order valence-electron chi connectivity index (χ1n) is 8.96. The van der Waals surface area contributed by atoms with Crippen LogP contribution in [-0.4, -0.2) is 35.6 Å². The van der Waals surface area contributed by atoms with Crippen LogP contribution in [0, 0.1) is 13.8 Å². The quantitative estimate of drug-likeness (QED) is 0.825. The standard InChI is InChI=1S/C21H24N2O5S/c1-12-7-8-13(2)16(9-12)22-21(24)20-14(3)15-10-18(27-5)19(28-6)11-17(15)23(4)29(20,25)26/h7-11H,1-6H3,(H,22,24). The highest BCUT2D eigenvalue weighted by Crippen LogP contribution is 2.44. The molecule has 2 aromatic carbocycles. The number of methoxy groups -OCH3 is 2. The first-order valence-corrected chi connectivity index (χ1v) is 10.4. The van der Waals surface area contributed by atoms with Gasteiger partial charge in [0.1, 0.15) is 0 Å². The number of amides is 1. The Morgan fingerprint density at radius 3 is 2.24 bits per heavy atom. The second kappa shape index (κ2) is 7.44. The van der Waals surface area contributed by atoms with E-state index in [-0.39, 0.29) is 4.91 Å². The largest absolute Gasteiger partial charge is 0.493 e. The van der Waals surface area contributed by atoms with E-state index >= 15 is 0 Å². The van der Waals surface area contributed by atoms with Crippen molar-refractivity contribution in [2.75, 3.05) is 30.9 Å². The van der Waals surface area contributed by atoms with Gasteiger partial charge in [-0.3, -0.25) is 9.10 Å². The molecule has 29 heavy (non-hydrogen) atoms. The van der Waals surface area contributed by atoms with Gasteiger partial charge in [0, 0.05) is 24.4 Å². The highest BCUT2D eigenvalue weighted by Gasteiger charge is 2.38. The number of ether oxygens (including phenoxy) is 2. The van der Waals surface area contributed by atoms with Gasteiger partial charge in [0.2, 0.25) is 0 Å². The number of carbonyl (C=O) groups excluding carboxylic acids is 1. The molecule has 7 nitrogen and oxygen atoms in total. The van der Waals surface area contributed by atoms with Crippen LogP contribution in [0.15, 0.2) is 35.2 Å².